The molecule has 0 fully saturated rings. The van der Waals surface area contributed by atoms with Gasteiger partial charge in [0.2, 0.25) is 5.91 Å². The molecule has 0 aliphatic rings. The number of hydrogen-bond donors (Lipinski definition) is 2. The molecule has 0 aromatic heterocycles. The number of phosphoric ester groups is 1. The third-order valence-electron chi connectivity index (χ3n) is 12.3. The van der Waals surface area contributed by atoms with Crippen LogP contribution in [0.15, 0.2) is 134 Å². The highest BCUT2D eigenvalue weighted by atomic mass is 31.2. The van der Waals surface area contributed by atoms with Crippen molar-refractivity contribution in [1.29, 1.82) is 0 Å². The van der Waals surface area contributed by atoms with Crippen molar-refractivity contribution in [1.82, 2.24) is 5.32 Å². The first-order valence-corrected chi connectivity index (χ1v) is 31.5. The van der Waals surface area contributed by atoms with Gasteiger partial charge >= 0.3 is 13.8 Å². The summed E-state index contributed by atoms with van der Waals surface area (Å²) in [6.07, 6.45) is 77.5. The third-order valence-corrected chi connectivity index (χ3v) is 13.3. The van der Waals surface area contributed by atoms with Crippen LogP contribution in [-0.2, 0) is 27.9 Å². The highest BCUT2D eigenvalue weighted by molar-refractivity contribution is 7.47. The van der Waals surface area contributed by atoms with Crippen LogP contribution in [0.5, 0.6) is 0 Å². The second-order valence-electron chi connectivity index (χ2n) is 20.8. The maximum absolute atomic E-state index is 13.5. The molecular formula is C66H112N2O7P+. The molecule has 0 bridgehead atoms. The summed E-state index contributed by atoms with van der Waals surface area (Å²) in [7, 11) is 1.41. The zero-order valence-corrected chi connectivity index (χ0v) is 50.1. The normalized spacial score (nSPS) is 14.7. The van der Waals surface area contributed by atoms with Crippen LogP contribution in [-0.4, -0.2) is 74.3 Å². The summed E-state index contributed by atoms with van der Waals surface area (Å²) in [5.74, 6) is -0.650. The summed E-state index contributed by atoms with van der Waals surface area (Å²) in [5.41, 5.74) is 0. The number of nitrogens with zero attached hydrogens (tertiary/aromatic N) is 1. The van der Waals surface area contributed by atoms with Crippen molar-refractivity contribution in [3.05, 3.63) is 134 Å². The van der Waals surface area contributed by atoms with E-state index in [1.807, 2.05) is 45.4 Å². The number of carbonyl (C=O) groups is 2. The number of esters is 1. The fraction of sp³-hybridized carbons (Fsp3) is 0.636. The average Bonchev–Trinajstić information content (AvgIpc) is 3.38. The Morgan fingerprint density at radius 2 is 0.855 bits per heavy atom. The molecule has 0 aliphatic carbocycles. The van der Waals surface area contributed by atoms with Crippen molar-refractivity contribution in [2.24, 2.45) is 0 Å². The van der Waals surface area contributed by atoms with Crippen LogP contribution in [0.3, 0.4) is 0 Å². The first-order valence-electron chi connectivity index (χ1n) is 30.0. The van der Waals surface area contributed by atoms with Gasteiger partial charge in [-0.15, -0.1) is 0 Å². The summed E-state index contributed by atoms with van der Waals surface area (Å²) in [5, 5.41) is 3.01. The average molecular weight is 1080 g/mol. The molecule has 3 unspecified atom stereocenters. The van der Waals surface area contributed by atoms with E-state index < -0.39 is 25.9 Å². The number of unbranched alkanes of at least 4 members (excludes halogenated alkanes) is 16. The number of rotatable bonds is 52. The minimum Gasteiger partial charge on any atom is -0.456 e. The smallest absolute Gasteiger partial charge is 0.456 e. The number of quaternary nitrogens is 1. The van der Waals surface area contributed by atoms with Gasteiger partial charge in [0.1, 0.15) is 19.3 Å². The number of amides is 1. The molecule has 432 valence electrons. The molecule has 9 nitrogen and oxygen atoms in total. The Morgan fingerprint density at radius 1 is 0.474 bits per heavy atom. The third kappa shape index (κ3) is 54.9. The zero-order valence-electron chi connectivity index (χ0n) is 49.2. The number of ether oxygens (including phenoxy) is 1. The number of carbonyl (C=O) groups excluding carboxylic acids is 2. The van der Waals surface area contributed by atoms with Gasteiger partial charge in [-0.3, -0.25) is 18.6 Å². The van der Waals surface area contributed by atoms with Crippen LogP contribution in [0, 0.1) is 0 Å². The van der Waals surface area contributed by atoms with E-state index in [1.54, 1.807) is 0 Å². The van der Waals surface area contributed by atoms with Gasteiger partial charge < -0.3 is 19.4 Å². The van der Waals surface area contributed by atoms with Crippen LogP contribution < -0.4 is 5.32 Å². The molecule has 0 spiro atoms. The Labute approximate surface area is 466 Å². The molecule has 0 rings (SSSR count). The van der Waals surface area contributed by atoms with Crippen molar-refractivity contribution in [2.45, 2.75) is 232 Å². The van der Waals surface area contributed by atoms with E-state index in [9.17, 15) is 19.0 Å². The van der Waals surface area contributed by atoms with E-state index in [1.165, 1.54) is 77.0 Å². The molecule has 0 saturated heterocycles. The van der Waals surface area contributed by atoms with E-state index in [0.717, 1.165) is 96.3 Å². The molecule has 2 N–H and O–H groups in total. The fourth-order valence-electron chi connectivity index (χ4n) is 7.71. The predicted molar refractivity (Wildman–Crippen MR) is 327 cm³/mol. The number of likely N-dealkylation sites (N-methyl/N-ethyl adjacent to an activating group) is 1. The van der Waals surface area contributed by atoms with Crippen molar-refractivity contribution in [2.75, 3.05) is 40.9 Å². The predicted octanol–water partition coefficient (Wildman–Crippen LogP) is 18.5. The minimum absolute atomic E-state index is 0.0150. The molecule has 0 aromatic rings. The van der Waals surface area contributed by atoms with E-state index in [0.29, 0.717) is 23.9 Å². The van der Waals surface area contributed by atoms with Gasteiger partial charge in [-0.2, -0.15) is 0 Å². The van der Waals surface area contributed by atoms with Crippen molar-refractivity contribution in [3.63, 3.8) is 0 Å². The molecule has 10 heteroatoms. The first-order chi connectivity index (χ1) is 36.9. The monoisotopic (exact) mass is 1080 g/mol. The van der Waals surface area contributed by atoms with Crippen LogP contribution >= 0.6 is 7.82 Å². The van der Waals surface area contributed by atoms with Crippen LogP contribution in [0.4, 0.5) is 0 Å². The summed E-state index contributed by atoms with van der Waals surface area (Å²) in [4.78, 5) is 37.6. The van der Waals surface area contributed by atoms with E-state index in [2.05, 4.69) is 135 Å². The van der Waals surface area contributed by atoms with Gasteiger partial charge in [-0.1, -0.05) is 225 Å². The van der Waals surface area contributed by atoms with E-state index in [4.69, 9.17) is 13.8 Å². The van der Waals surface area contributed by atoms with Gasteiger partial charge in [0, 0.05) is 12.8 Å². The van der Waals surface area contributed by atoms with Gasteiger partial charge in [-0.25, -0.2) is 4.57 Å². The summed E-state index contributed by atoms with van der Waals surface area (Å²) in [6, 6.07) is -0.905. The fourth-order valence-corrected chi connectivity index (χ4v) is 8.45. The molecule has 0 aliphatic heterocycles. The largest absolute Gasteiger partial charge is 0.472 e. The van der Waals surface area contributed by atoms with Crippen LogP contribution in [0.2, 0.25) is 0 Å². The topological polar surface area (TPSA) is 111 Å². The summed E-state index contributed by atoms with van der Waals surface area (Å²) < 4.78 is 30.6. The molecule has 0 aromatic carbocycles. The maximum atomic E-state index is 13.5. The highest BCUT2D eigenvalue weighted by Crippen LogP contribution is 2.43. The SMILES string of the molecule is CC/C=C\C/C=C\C/C=C\C/C=C\C/C=C\C/C=C\CCC(=O)OC(/C=C/CCCCCCCCCCCC)C(COP(=O)(O)OCC[N+](C)(C)C)NC(=O)CCCCC/C=C\C/C=C\C/C=C\C/C=C\CCCCC. The lowest BCUT2D eigenvalue weighted by molar-refractivity contribution is -0.870. The molecule has 0 heterocycles. The quantitative estimate of drug-likeness (QED) is 0.0205. The Kier molecular flexibility index (Phi) is 51.7. The number of nitrogens with one attached hydrogen (secondary N) is 1. The lowest BCUT2D eigenvalue weighted by Gasteiger charge is -2.27. The van der Waals surface area contributed by atoms with Crippen molar-refractivity contribution < 1.29 is 37.3 Å². The molecule has 3 atom stereocenters. The molecule has 0 radical (unpaired) electrons. The lowest BCUT2D eigenvalue weighted by Crippen LogP contribution is -2.47. The van der Waals surface area contributed by atoms with Gasteiger partial charge in [-0.05, 0) is 115 Å². The van der Waals surface area contributed by atoms with E-state index in [-0.39, 0.29) is 32.0 Å². The summed E-state index contributed by atoms with van der Waals surface area (Å²) >= 11 is 0. The number of phosphoric acid groups is 1. The number of allylic oxidation sites excluding steroid dienone is 21. The minimum atomic E-state index is -4.48. The molecule has 1 amide bonds. The van der Waals surface area contributed by atoms with Gasteiger partial charge in [0.15, 0.2) is 0 Å². The first kappa shape index (κ1) is 72.2. The second kappa shape index (κ2) is 54.5. The van der Waals surface area contributed by atoms with Crippen molar-refractivity contribution in [3.8, 4) is 0 Å². The van der Waals surface area contributed by atoms with Crippen molar-refractivity contribution >= 4 is 19.7 Å². The van der Waals surface area contributed by atoms with Gasteiger partial charge in [0.05, 0.1) is 33.8 Å². The maximum Gasteiger partial charge on any atom is 0.472 e. The Balaban J connectivity index is 5.50. The lowest BCUT2D eigenvalue weighted by atomic mass is 10.1. The van der Waals surface area contributed by atoms with Crippen LogP contribution in [0.25, 0.3) is 0 Å². The standard InChI is InChI=1S/C66H111N2O7P/c1-7-10-13-16-19-22-25-28-30-32-34-36-38-40-43-46-49-52-55-58-65(69)67-63(62-74-76(71,72)73-61-60-68(4,5)6)64(57-54-51-48-45-42-27-24-21-18-15-12-9-3)75-66(70)59-56-53-50-47-44-41-39-37-35-33-31-29-26-23-20-17-14-11-8-2/h11,14,19-20,22-23,28-31,34-37,40-41,43-44,50,53-54,57,63-64H,7-10,12-13,15-18,21,24-27,32-33,38-39,42,45-49,51-52,55-56,58-62H2,1-6H3,(H-,67,69,71,72)/p+1/b14-11-,22-19-,23-20-,30-28-,31-29-,36-34-,37-35-,43-40-,44-41-,53-50-,57-54+. The van der Waals surface area contributed by atoms with E-state index >= 15 is 0 Å². The Morgan fingerprint density at radius 3 is 1.32 bits per heavy atom. The Bertz CT molecular complexity index is 1760. The molecule has 0 saturated carbocycles. The Hall–Kier alpha value is -3.85. The second-order valence-corrected chi connectivity index (χ2v) is 22.2. The van der Waals surface area contributed by atoms with Crippen LogP contribution in [0.1, 0.15) is 220 Å². The summed E-state index contributed by atoms with van der Waals surface area (Å²) in [6.45, 7) is 6.77. The zero-order chi connectivity index (χ0) is 55.7. The van der Waals surface area contributed by atoms with Gasteiger partial charge in [0.25, 0.3) is 0 Å². The molecular weight excluding hydrogens is 964 g/mol. The molecule has 76 heavy (non-hydrogen) atoms. The number of hydrogen-bond acceptors (Lipinski definition) is 6. The highest BCUT2D eigenvalue weighted by Gasteiger charge is 2.30.